The minimum atomic E-state index is 0.124. The van der Waals surface area contributed by atoms with Crippen LogP contribution in [0.25, 0.3) is 0 Å². The van der Waals surface area contributed by atoms with E-state index < -0.39 is 0 Å². The molecule has 0 spiro atoms. The summed E-state index contributed by atoms with van der Waals surface area (Å²) in [5.74, 6) is 0.561. The van der Waals surface area contributed by atoms with Crippen LogP contribution in [-0.4, -0.2) is 16.5 Å². The maximum absolute atomic E-state index is 12.0. The summed E-state index contributed by atoms with van der Waals surface area (Å²) in [6.07, 6.45) is 3.45. The van der Waals surface area contributed by atoms with Crippen molar-refractivity contribution in [1.82, 2.24) is 4.98 Å². The summed E-state index contributed by atoms with van der Waals surface area (Å²) in [7, 11) is 0. The van der Waals surface area contributed by atoms with Gasteiger partial charge in [0.25, 0.3) is 0 Å². The van der Waals surface area contributed by atoms with Crippen molar-refractivity contribution in [2.75, 3.05) is 5.75 Å². The smallest absolute Gasteiger partial charge is 0.174 e. The quantitative estimate of drug-likeness (QED) is 0.635. The van der Waals surface area contributed by atoms with E-state index in [-0.39, 0.29) is 5.78 Å². The summed E-state index contributed by atoms with van der Waals surface area (Å²) in [6.45, 7) is 0. The fourth-order valence-corrected chi connectivity index (χ4v) is 2.62. The van der Waals surface area contributed by atoms with E-state index in [1.165, 1.54) is 11.8 Å². The van der Waals surface area contributed by atoms with Crippen LogP contribution >= 0.6 is 27.7 Å². The SMILES string of the molecule is O=C(CSc1ccncc1)c1ccccc1Br. The molecule has 2 rings (SSSR count). The van der Waals surface area contributed by atoms with Crippen molar-refractivity contribution in [3.63, 3.8) is 0 Å². The number of Topliss-reactive ketones (excluding diaryl/α,β-unsaturated/α-hetero) is 1. The highest BCUT2D eigenvalue weighted by Crippen LogP contribution is 2.21. The third-order valence-electron chi connectivity index (χ3n) is 2.19. The van der Waals surface area contributed by atoms with Gasteiger partial charge in [0.15, 0.2) is 5.78 Å². The van der Waals surface area contributed by atoms with Crippen molar-refractivity contribution in [3.05, 3.63) is 58.8 Å². The van der Waals surface area contributed by atoms with Gasteiger partial charge in [0.05, 0.1) is 5.75 Å². The molecule has 0 radical (unpaired) electrons. The molecule has 0 saturated heterocycles. The van der Waals surface area contributed by atoms with E-state index in [0.29, 0.717) is 5.75 Å². The van der Waals surface area contributed by atoms with E-state index in [4.69, 9.17) is 0 Å². The maximum atomic E-state index is 12.0. The molecule has 0 unspecified atom stereocenters. The second kappa shape index (κ2) is 5.98. The highest BCUT2D eigenvalue weighted by molar-refractivity contribution is 9.10. The molecule has 1 aromatic heterocycles. The molecule has 17 heavy (non-hydrogen) atoms. The summed E-state index contributed by atoms with van der Waals surface area (Å²) in [6, 6.07) is 11.3. The van der Waals surface area contributed by atoms with Gasteiger partial charge in [-0.25, -0.2) is 0 Å². The first-order valence-electron chi connectivity index (χ1n) is 5.08. The normalized spacial score (nSPS) is 10.2. The predicted octanol–water partition coefficient (Wildman–Crippen LogP) is 3.82. The number of carbonyl (C=O) groups excluding carboxylic acids is 1. The zero-order valence-corrected chi connectivity index (χ0v) is 11.4. The zero-order chi connectivity index (χ0) is 12.1. The molecule has 2 nitrogen and oxygen atoms in total. The van der Waals surface area contributed by atoms with Gasteiger partial charge in [-0.1, -0.05) is 34.1 Å². The number of carbonyl (C=O) groups is 1. The van der Waals surface area contributed by atoms with E-state index in [9.17, 15) is 4.79 Å². The van der Waals surface area contributed by atoms with E-state index in [2.05, 4.69) is 20.9 Å². The molecule has 0 aliphatic carbocycles. The van der Waals surface area contributed by atoms with E-state index in [1.54, 1.807) is 12.4 Å². The number of benzene rings is 1. The van der Waals surface area contributed by atoms with Gasteiger partial charge in [0.2, 0.25) is 0 Å². The lowest BCUT2D eigenvalue weighted by Gasteiger charge is -2.03. The van der Waals surface area contributed by atoms with Gasteiger partial charge in [-0.05, 0) is 18.2 Å². The molecule has 0 saturated carbocycles. The third kappa shape index (κ3) is 3.41. The Morgan fingerprint density at radius 3 is 2.59 bits per heavy atom. The molecular formula is C13H10BrNOS. The number of ketones is 1. The first-order chi connectivity index (χ1) is 8.27. The van der Waals surface area contributed by atoms with Crippen molar-refractivity contribution in [2.45, 2.75) is 4.90 Å². The molecule has 0 fully saturated rings. The van der Waals surface area contributed by atoms with Gasteiger partial charge in [-0.3, -0.25) is 9.78 Å². The Labute approximate surface area is 113 Å². The summed E-state index contributed by atoms with van der Waals surface area (Å²) >= 11 is 4.90. The molecule has 1 aromatic carbocycles. The first-order valence-corrected chi connectivity index (χ1v) is 6.86. The van der Waals surface area contributed by atoms with Gasteiger partial charge < -0.3 is 0 Å². The number of pyridine rings is 1. The van der Waals surface area contributed by atoms with Crippen LogP contribution in [0.4, 0.5) is 0 Å². The Morgan fingerprint density at radius 1 is 1.18 bits per heavy atom. The average molecular weight is 308 g/mol. The minimum absolute atomic E-state index is 0.124. The average Bonchev–Trinajstić information content (AvgIpc) is 2.38. The predicted molar refractivity (Wildman–Crippen MR) is 73.4 cm³/mol. The Balaban J connectivity index is 2.01. The van der Waals surface area contributed by atoms with E-state index in [0.717, 1.165) is 14.9 Å². The molecule has 0 bridgehead atoms. The van der Waals surface area contributed by atoms with Crippen molar-refractivity contribution in [3.8, 4) is 0 Å². The summed E-state index contributed by atoms with van der Waals surface area (Å²) in [4.78, 5) is 17.0. The molecular weight excluding hydrogens is 298 g/mol. The van der Waals surface area contributed by atoms with Gasteiger partial charge in [-0.2, -0.15) is 0 Å². The first kappa shape index (κ1) is 12.3. The second-order valence-corrected chi connectivity index (χ2v) is 5.28. The summed E-state index contributed by atoms with van der Waals surface area (Å²) < 4.78 is 0.848. The van der Waals surface area contributed by atoms with Crippen molar-refractivity contribution in [2.24, 2.45) is 0 Å². The Morgan fingerprint density at radius 2 is 1.88 bits per heavy atom. The molecule has 4 heteroatoms. The van der Waals surface area contributed by atoms with Crippen LogP contribution in [0.3, 0.4) is 0 Å². The topological polar surface area (TPSA) is 30.0 Å². The van der Waals surface area contributed by atoms with Crippen LogP contribution in [0.1, 0.15) is 10.4 Å². The van der Waals surface area contributed by atoms with Crippen LogP contribution < -0.4 is 0 Å². The van der Waals surface area contributed by atoms with E-state index >= 15 is 0 Å². The number of thioether (sulfide) groups is 1. The van der Waals surface area contributed by atoms with Gasteiger partial charge in [0.1, 0.15) is 0 Å². The summed E-state index contributed by atoms with van der Waals surface area (Å²) in [5.41, 5.74) is 0.731. The van der Waals surface area contributed by atoms with Crippen LogP contribution in [0.15, 0.2) is 58.2 Å². The van der Waals surface area contributed by atoms with Gasteiger partial charge in [-0.15, -0.1) is 11.8 Å². The van der Waals surface area contributed by atoms with Crippen molar-refractivity contribution >= 4 is 33.5 Å². The maximum Gasteiger partial charge on any atom is 0.174 e. The highest BCUT2D eigenvalue weighted by Gasteiger charge is 2.09. The molecule has 0 amide bonds. The Bertz CT molecular complexity index is 516. The second-order valence-electron chi connectivity index (χ2n) is 3.37. The molecule has 0 atom stereocenters. The number of hydrogen-bond donors (Lipinski definition) is 0. The Hall–Kier alpha value is -1.13. The minimum Gasteiger partial charge on any atom is -0.293 e. The number of rotatable bonds is 4. The third-order valence-corrected chi connectivity index (χ3v) is 3.90. The largest absolute Gasteiger partial charge is 0.293 e. The number of hydrogen-bond acceptors (Lipinski definition) is 3. The molecule has 2 aromatic rings. The fraction of sp³-hybridized carbons (Fsp3) is 0.0769. The van der Waals surface area contributed by atoms with E-state index in [1.807, 2.05) is 36.4 Å². The molecule has 86 valence electrons. The monoisotopic (exact) mass is 307 g/mol. The lowest BCUT2D eigenvalue weighted by Crippen LogP contribution is -2.02. The number of aromatic nitrogens is 1. The van der Waals surface area contributed by atoms with Gasteiger partial charge in [0, 0.05) is 27.3 Å². The van der Waals surface area contributed by atoms with Crippen molar-refractivity contribution in [1.29, 1.82) is 0 Å². The fourth-order valence-electron chi connectivity index (χ4n) is 1.35. The van der Waals surface area contributed by atoms with Crippen LogP contribution in [0.2, 0.25) is 0 Å². The molecule has 0 aliphatic rings. The van der Waals surface area contributed by atoms with Gasteiger partial charge >= 0.3 is 0 Å². The van der Waals surface area contributed by atoms with Crippen LogP contribution in [-0.2, 0) is 0 Å². The summed E-state index contributed by atoms with van der Waals surface area (Å²) in [5, 5.41) is 0. The lowest BCUT2D eigenvalue weighted by atomic mass is 10.1. The Kier molecular flexibility index (Phi) is 4.34. The molecule has 0 aliphatic heterocycles. The molecule has 1 heterocycles. The standard InChI is InChI=1S/C13H10BrNOS/c14-12-4-2-1-3-11(12)13(16)9-17-10-5-7-15-8-6-10/h1-8H,9H2. The zero-order valence-electron chi connectivity index (χ0n) is 8.97. The lowest BCUT2D eigenvalue weighted by molar-refractivity contribution is 0.102. The van der Waals surface area contributed by atoms with Crippen molar-refractivity contribution < 1.29 is 4.79 Å². The van der Waals surface area contributed by atoms with Crippen LogP contribution in [0.5, 0.6) is 0 Å². The highest BCUT2D eigenvalue weighted by atomic mass is 79.9. The molecule has 0 N–H and O–H groups in total. The van der Waals surface area contributed by atoms with Crippen LogP contribution in [0, 0.1) is 0 Å². The number of nitrogens with zero attached hydrogens (tertiary/aromatic N) is 1. The number of halogens is 1.